The summed E-state index contributed by atoms with van der Waals surface area (Å²) >= 11 is 3.44. The Labute approximate surface area is 156 Å². The zero-order valence-corrected chi connectivity index (χ0v) is 16.6. The highest BCUT2D eigenvalue weighted by molar-refractivity contribution is 14.0. The Balaban J connectivity index is 0.00000242. The molecule has 0 fully saturated rings. The van der Waals surface area contributed by atoms with Gasteiger partial charge in [-0.2, -0.15) is 5.10 Å². The standard InChI is InChI=1S/C15H20BrN5.HI/c1-3-17-15(19-11-14-8-9-20-21(14)2)18-10-12-4-6-13(16)7-5-12;/h4-9H,3,10-11H2,1-2H3,(H2,17,18,19);1H. The summed E-state index contributed by atoms with van der Waals surface area (Å²) in [5.41, 5.74) is 2.29. The molecule has 1 heterocycles. The molecule has 0 aliphatic heterocycles. The number of nitrogens with zero attached hydrogens (tertiary/aromatic N) is 3. The first kappa shape index (κ1) is 19.0. The summed E-state index contributed by atoms with van der Waals surface area (Å²) in [4.78, 5) is 4.59. The molecule has 0 spiro atoms. The first-order valence-electron chi connectivity index (χ1n) is 6.92. The van der Waals surface area contributed by atoms with Gasteiger partial charge in [0, 0.05) is 24.3 Å². The van der Waals surface area contributed by atoms with Gasteiger partial charge in [-0.15, -0.1) is 24.0 Å². The number of aryl methyl sites for hydroxylation is 1. The van der Waals surface area contributed by atoms with E-state index in [0.717, 1.165) is 22.7 Å². The van der Waals surface area contributed by atoms with Crippen LogP contribution in [0.1, 0.15) is 18.2 Å². The van der Waals surface area contributed by atoms with Crippen molar-refractivity contribution in [1.29, 1.82) is 0 Å². The van der Waals surface area contributed by atoms with Crippen molar-refractivity contribution in [3.05, 3.63) is 52.3 Å². The number of benzene rings is 1. The molecule has 0 atom stereocenters. The molecule has 1 aromatic carbocycles. The lowest BCUT2D eigenvalue weighted by Gasteiger charge is -2.11. The van der Waals surface area contributed by atoms with Crippen LogP contribution >= 0.6 is 39.9 Å². The molecule has 5 nitrogen and oxygen atoms in total. The minimum Gasteiger partial charge on any atom is -0.357 e. The molecule has 2 rings (SSSR count). The maximum Gasteiger partial charge on any atom is 0.191 e. The number of nitrogens with one attached hydrogen (secondary N) is 2. The van der Waals surface area contributed by atoms with Crippen molar-refractivity contribution in [2.24, 2.45) is 12.0 Å². The molecule has 0 saturated heterocycles. The van der Waals surface area contributed by atoms with Crippen LogP contribution in [0.2, 0.25) is 0 Å². The summed E-state index contributed by atoms with van der Waals surface area (Å²) < 4.78 is 2.93. The number of aromatic nitrogens is 2. The largest absolute Gasteiger partial charge is 0.357 e. The van der Waals surface area contributed by atoms with Crippen molar-refractivity contribution < 1.29 is 0 Å². The third-order valence-electron chi connectivity index (χ3n) is 3.04. The predicted octanol–water partition coefficient (Wildman–Crippen LogP) is 3.06. The number of hydrogen-bond donors (Lipinski definition) is 2. The smallest absolute Gasteiger partial charge is 0.191 e. The van der Waals surface area contributed by atoms with Crippen LogP contribution in [-0.2, 0) is 20.1 Å². The molecule has 0 aliphatic rings. The van der Waals surface area contributed by atoms with Crippen LogP contribution in [-0.4, -0.2) is 22.3 Å². The Bertz CT molecular complexity index is 594. The fourth-order valence-electron chi connectivity index (χ4n) is 1.85. The van der Waals surface area contributed by atoms with Crippen LogP contribution in [0.15, 0.2) is 46.0 Å². The Morgan fingerprint density at radius 1 is 1.23 bits per heavy atom. The highest BCUT2D eigenvalue weighted by atomic mass is 127. The van der Waals surface area contributed by atoms with Crippen molar-refractivity contribution in [3.8, 4) is 0 Å². The van der Waals surface area contributed by atoms with E-state index in [1.807, 2.05) is 29.9 Å². The zero-order valence-electron chi connectivity index (χ0n) is 12.7. The van der Waals surface area contributed by atoms with E-state index in [1.165, 1.54) is 5.56 Å². The second-order valence-electron chi connectivity index (χ2n) is 4.62. The summed E-state index contributed by atoms with van der Waals surface area (Å²) in [7, 11) is 1.93. The molecule has 0 amide bonds. The van der Waals surface area contributed by atoms with Crippen molar-refractivity contribution in [3.63, 3.8) is 0 Å². The van der Waals surface area contributed by atoms with Gasteiger partial charge in [-0.05, 0) is 30.7 Å². The highest BCUT2D eigenvalue weighted by Gasteiger charge is 2.01. The highest BCUT2D eigenvalue weighted by Crippen LogP contribution is 2.11. The number of rotatable bonds is 5. The molecule has 7 heteroatoms. The second kappa shape index (κ2) is 9.83. The molecule has 2 aromatic rings. The zero-order chi connectivity index (χ0) is 15.1. The van der Waals surface area contributed by atoms with Gasteiger partial charge in [0.2, 0.25) is 0 Å². The average molecular weight is 478 g/mol. The minimum absolute atomic E-state index is 0. The second-order valence-corrected chi connectivity index (χ2v) is 5.54. The van der Waals surface area contributed by atoms with Crippen LogP contribution in [0, 0.1) is 0 Å². The third kappa shape index (κ3) is 5.96. The monoisotopic (exact) mass is 477 g/mol. The molecule has 0 aliphatic carbocycles. The molecule has 2 N–H and O–H groups in total. The topological polar surface area (TPSA) is 54.2 Å². The molecule has 0 radical (unpaired) electrons. The molecule has 1 aromatic heterocycles. The average Bonchev–Trinajstić information content (AvgIpc) is 2.89. The summed E-state index contributed by atoms with van der Waals surface area (Å²) in [6.45, 7) is 4.23. The number of aliphatic imine (C=N–C) groups is 1. The third-order valence-corrected chi connectivity index (χ3v) is 3.57. The van der Waals surface area contributed by atoms with Gasteiger partial charge in [0.25, 0.3) is 0 Å². The molecule has 0 unspecified atom stereocenters. The van der Waals surface area contributed by atoms with Crippen LogP contribution < -0.4 is 10.6 Å². The first-order chi connectivity index (χ1) is 10.2. The van der Waals surface area contributed by atoms with Gasteiger partial charge in [0.15, 0.2) is 5.96 Å². The van der Waals surface area contributed by atoms with Crippen LogP contribution in [0.3, 0.4) is 0 Å². The quantitative estimate of drug-likeness (QED) is 0.395. The van der Waals surface area contributed by atoms with Gasteiger partial charge < -0.3 is 10.6 Å². The maximum absolute atomic E-state index is 4.59. The SMILES string of the molecule is CCNC(=NCc1ccc(Br)cc1)NCc1ccnn1C.I. The number of hydrogen-bond acceptors (Lipinski definition) is 2. The minimum atomic E-state index is 0. The Kier molecular flexibility index (Phi) is 8.47. The first-order valence-corrected chi connectivity index (χ1v) is 7.72. The Morgan fingerprint density at radius 3 is 2.55 bits per heavy atom. The molecule has 22 heavy (non-hydrogen) atoms. The predicted molar refractivity (Wildman–Crippen MR) is 104 cm³/mol. The van der Waals surface area contributed by atoms with E-state index in [1.54, 1.807) is 6.20 Å². The summed E-state index contributed by atoms with van der Waals surface area (Å²) in [6.07, 6.45) is 1.79. The normalized spacial score (nSPS) is 11.0. The van der Waals surface area contributed by atoms with E-state index in [-0.39, 0.29) is 24.0 Å². The van der Waals surface area contributed by atoms with Crippen LogP contribution in [0.5, 0.6) is 0 Å². The lowest BCUT2D eigenvalue weighted by Crippen LogP contribution is -2.37. The molecule has 120 valence electrons. The molecular weight excluding hydrogens is 457 g/mol. The van der Waals surface area contributed by atoms with Crippen molar-refractivity contribution in [1.82, 2.24) is 20.4 Å². The van der Waals surface area contributed by atoms with E-state index in [9.17, 15) is 0 Å². The van der Waals surface area contributed by atoms with Crippen LogP contribution in [0.25, 0.3) is 0 Å². The van der Waals surface area contributed by atoms with E-state index < -0.39 is 0 Å². The fourth-order valence-corrected chi connectivity index (χ4v) is 2.12. The summed E-state index contributed by atoms with van der Waals surface area (Å²) in [5, 5.41) is 10.7. The van der Waals surface area contributed by atoms with E-state index >= 15 is 0 Å². The van der Waals surface area contributed by atoms with Gasteiger partial charge >= 0.3 is 0 Å². The summed E-state index contributed by atoms with van der Waals surface area (Å²) in [6, 6.07) is 10.2. The summed E-state index contributed by atoms with van der Waals surface area (Å²) in [5.74, 6) is 0.807. The van der Waals surface area contributed by atoms with Gasteiger partial charge in [-0.3, -0.25) is 4.68 Å². The molecular formula is C15H21BrIN5. The maximum atomic E-state index is 4.59. The van der Waals surface area contributed by atoms with Gasteiger partial charge in [-0.1, -0.05) is 28.1 Å². The van der Waals surface area contributed by atoms with E-state index in [2.05, 4.69) is 55.7 Å². The van der Waals surface area contributed by atoms with Gasteiger partial charge in [-0.25, -0.2) is 4.99 Å². The van der Waals surface area contributed by atoms with Gasteiger partial charge in [0.1, 0.15) is 0 Å². The lowest BCUT2D eigenvalue weighted by atomic mass is 10.2. The van der Waals surface area contributed by atoms with Gasteiger partial charge in [0.05, 0.1) is 18.8 Å². The number of guanidine groups is 1. The fraction of sp³-hybridized carbons (Fsp3) is 0.333. The van der Waals surface area contributed by atoms with Crippen molar-refractivity contribution >= 4 is 45.9 Å². The number of halogens is 2. The van der Waals surface area contributed by atoms with E-state index in [0.29, 0.717) is 13.1 Å². The van der Waals surface area contributed by atoms with E-state index in [4.69, 9.17) is 0 Å². The van der Waals surface area contributed by atoms with Crippen molar-refractivity contribution in [2.75, 3.05) is 6.54 Å². The molecule has 0 bridgehead atoms. The lowest BCUT2D eigenvalue weighted by molar-refractivity contribution is 0.685. The Morgan fingerprint density at radius 2 is 1.95 bits per heavy atom. The molecule has 0 saturated carbocycles. The Hall–Kier alpha value is -1.09. The van der Waals surface area contributed by atoms with Crippen molar-refractivity contribution in [2.45, 2.75) is 20.0 Å². The van der Waals surface area contributed by atoms with Crippen LogP contribution in [0.4, 0.5) is 0 Å².